The summed E-state index contributed by atoms with van der Waals surface area (Å²) in [7, 11) is -0.194. The van der Waals surface area contributed by atoms with E-state index in [0.717, 1.165) is 0 Å². The summed E-state index contributed by atoms with van der Waals surface area (Å²) >= 11 is 0. The fourth-order valence-electron chi connectivity index (χ4n) is 2.87. The van der Waals surface area contributed by atoms with Crippen molar-refractivity contribution in [1.29, 1.82) is 0 Å². The molecule has 0 radical (unpaired) electrons. The summed E-state index contributed by atoms with van der Waals surface area (Å²) in [5.74, 6) is -0.524. The van der Waals surface area contributed by atoms with Crippen molar-refractivity contribution in [1.82, 2.24) is 24.3 Å². The van der Waals surface area contributed by atoms with E-state index in [4.69, 9.17) is 0 Å². The lowest BCUT2D eigenvalue weighted by Crippen LogP contribution is -2.41. The van der Waals surface area contributed by atoms with Crippen molar-refractivity contribution in [2.45, 2.75) is 25.3 Å². The van der Waals surface area contributed by atoms with Gasteiger partial charge in [-0.2, -0.15) is 9.40 Å². The van der Waals surface area contributed by atoms with Crippen LogP contribution in [0.25, 0.3) is 0 Å². The Morgan fingerprint density at radius 3 is 2.65 bits per heavy atom. The van der Waals surface area contributed by atoms with Crippen LogP contribution in [0.15, 0.2) is 11.1 Å². The molecule has 0 bridgehead atoms. The molecule has 23 heavy (non-hydrogen) atoms. The number of hydrogen-bond donors (Lipinski definition) is 1. The maximum absolute atomic E-state index is 13.0. The molecule has 9 heteroatoms. The minimum atomic E-state index is -3.66. The van der Waals surface area contributed by atoms with E-state index in [1.54, 1.807) is 18.7 Å². The first-order valence-electron chi connectivity index (χ1n) is 7.74. The van der Waals surface area contributed by atoms with Gasteiger partial charge in [0.15, 0.2) is 0 Å². The van der Waals surface area contributed by atoms with Crippen molar-refractivity contribution in [2.24, 2.45) is 5.92 Å². The van der Waals surface area contributed by atoms with Crippen LogP contribution in [0.3, 0.4) is 0 Å². The van der Waals surface area contributed by atoms with Gasteiger partial charge in [-0.05, 0) is 20.9 Å². The van der Waals surface area contributed by atoms with E-state index < -0.39 is 10.0 Å². The third-order valence-corrected chi connectivity index (χ3v) is 6.25. The van der Waals surface area contributed by atoms with Crippen LogP contribution in [-0.2, 0) is 21.4 Å². The quantitative estimate of drug-likeness (QED) is 0.797. The van der Waals surface area contributed by atoms with E-state index in [9.17, 15) is 13.2 Å². The van der Waals surface area contributed by atoms with E-state index in [0.29, 0.717) is 31.9 Å². The van der Waals surface area contributed by atoms with E-state index in [-0.39, 0.29) is 23.3 Å². The topological polar surface area (TPSA) is 87.5 Å². The van der Waals surface area contributed by atoms with Crippen LogP contribution < -0.4 is 5.32 Å². The Balaban J connectivity index is 2.33. The van der Waals surface area contributed by atoms with Gasteiger partial charge in [0, 0.05) is 39.8 Å². The van der Waals surface area contributed by atoms with E-state index >= 15 is 0 Å². The zero-order chi connectivity index (χ0) is 17.2. The molecule has 130 valence electrons. The highest BCUT2D eigenvalue weighted by Gasteiger charge is 2.34. The van der Waals surface area contributed by atoms with Gasteiger partial charge in [0.2, 0.25) is 15.9 Å². The lowest BCUT2D eigenvalue weighted by molar-refractivity contribution is -0.124. The Kier molecular flexibility index (Phi) is 5.43. The molecule has 1 saturated heterocycles. The Labute approximate surface area is 137 Å². The van der Waals surface area contributed by atoms with Crippen molar-refractivity contribution in [2.75, 3.05) is 40.3 Å². The van der Waals surface area contributed by atoms with Gasteiger partial charge in [-0.3, -0.25) is 9.48 Å². The maximum atomic E-state index is 13.0. The summed E-state index contributed by atoms with van der Waals surface area (Å²) < 4.78 is 29.0. The Morgan fingerprint density at radius 2 is 2.09 bits per heavy atom. The minimum absolute atomic E-state index is 0.139. The summed E-state index contributed by atoms with van der Waals surface area (Å²) in [6.45, 7) is 5.96. The Morgan fingerprint density at radius 1 is 1.39 bits per heavy atom. The fourth-order valence-corrected chi connectivity index (χ4v) is 4.51. The summed E-state index contributed by atoms with van der Waals surface area (Å²) in [4.78, 5) is 14.2. The Bertz CT molecular complexity index is 670. The molecular weight excluding hydrogens is 318 g/mol. The zero-order valence-electron chi connectivity index (χ0n) is 14.1. The normalized spacial score (nSPS) is 21.1. The highest BCUT2D eigenvalue weighted by Crippen LogP contribution is 2.22. The van der Waals surface area contributed by atoms with Crippen LogP contribution in [0.5, 0.6) is 0 Å². The van der Waals surface area contributed by atoms with Crippen LogP contribution in [0.1, 0.15) is 12.6 Å². The SMILES string of the molecule is CCn1ncc(S(=O)(=O)N2CCN(C)C[C@H](C(=O)NC)C2)c1C. The molecule has 1 aromatic heterocycles. The second kappa shape index (κ2) is 6.98. The number of nitrogens with zero attached hydrogens (tertiary/aromatic N) is 4. The number of rotatable bonds is 4. The third-order valence-electron chi connectivity index (χ3n) is 4.28. The highest BCUT2D eigenvalue weighted by atomic mass is 32.2. The number of aryl methyl sites for hydroxylation is 1. The summed E-state index contributed by atoms with van der Waals surface area (Å²) in [5, 5.41) is 6.74. The fraction of sp³-hybridized carbons (Fsp3) is 0.714. The molecule has 2 rings (SSSR count). The molecule has 0 aliphatic carbocycles. The molecule has 1 N–H and O–H groups in total. The molecule has 1 aliphatic heterocycles. The van der Waals surface area contributed by atoms with Gasteiger partial charge in [-0.1, -0.05) is 0 Å². The van der Waals surface area contributed by atoms with Crippen LogP contribution in [-0.4, -0.2) is 73.6 Å². The molecular formula is C14H25N5O3S. The van der Waals surface area contributed by atoms with Gasteiger partial charge in [0.25, 0.3) is 0 Å². The number of hydrogen-bond acceptors (Lipinski definition) is 5. The van der Waals surface area contributed by atoms with Crippen molar-refractivity contribution >= 4 is 15.9 Å². The average molecular weight is 343 g/mol. The molecule has 1 atom stereocenters. The Hall–Kier alpha value is -1.45. The van der Waals surface area contributed by atoms with Gasteiger partial charge in [0.1, 0.15) is 4.90 Å². The predicted octanol–water partition coefficient (Wildman–Crippen LogP) is -0.490. The van der Waals surface area contributed by atoms with Crippen molar-refractivity contribution in [3.63, 3.8) is 0 Å². The average Bonchev–Trinajstić information content (AvgIpc) is 2.78. The standard InChI is InChI=1S/C14H25N5O3S/c1-5-19-11(2)13(8-16-19)23(21,22)18-7-6-17(4)9-12(10-18)14(20)15-3/h8,12H,5-7,9-10H2,1-4H3,(H,15,20)/t12-/m0/s1. The van der Waals surface area contributed by atoms with Gasteiger partial charge in [0.05, 0.1) is 17.8 Å². The first-order chi connectivity index (χ1) is 10.8. The number of nitrogens with one attached hydrogen (secondary N) is 1. The molecule has 1 amide bonds. The second-order valence-corrected chi connectivity index (χ2v) is 7.75. The number of carbonyl (C=O) groups excluding carboxylic acids is 1. The third kappa shape index (κ3) is 3.56. The van der Waals surface area contributed by atoms with Gasteiger partial charge < -0.3 is 10.2 Å². The van der Waals surface area contributed by atoms with Crippen LogP contribution in [0.2, 0.25) is 0 Å². The van der Waals surface area contributed by atoms with Gasteiger partial charge in [-0.25, -0.2) is 8.42 Å². The highest BCUT2D eigenvalue weighted by molar-refractivity contribution is 7.89. The monoisotopic (exact) mass is 343 g/mol. The van der Waals surface area contributed by atoms with Crippen LogP contribution in [0.4, 0.5) is 0 Å². The van der Waals surface area contributed by atoms with E-state index in [2.05, 4.69) is 10.4 Å². The first-order valence-corrected chi connectivity index (χ1v) is 9.18. The number of likely N-dealkylation sites (N-methyl/N-ethyl adjacent to an activating group) is 1. The van der Waals surface area contributed by atoms with Crippen molar-refractivity contribution < 1.29 is 13.2 Å². The molecule has 1 fully saturated rings. The molecule has 0 saturated carbocycles. The molecule has 8 nitrogen and oxygen atoms in total. The summed E-state index contributed by atoms with van der Waals surface area (Å²) in [5.41, 5.74) is 0.626. The number of amides is 1. The number of sulfonamides is 1. The number of carbonyl (C=O) groups is 1. The largest absolute Gasteiger partial charge is 0.359 e. The number of aromatic nitrogens is 2. The molecule has 0 spiro atoms. The van der Waals surface area contributed by atoms with Crippen molar-refractivity contribution in [3.05, 3.63) is 11.9 Å². The zero-order valence-corrected chi connectivity index (χ0v) is 14.9. The summed E-state index contributed by atoms with van der Waals surface area (Å²) in [6.07, 6.45) is 1.40. The predicted molar refractivity (Wildman–Crippen MR) is 86.5 cm³/mol. The minimum Gasteiger partial charge on any atom is -0.359 e. The van der Waals surface area contributed by atoms with E-state index in [1.807, 2.05) is 18.9 Å². The van der Waals surface area contributed by atoms with Crippen LogP contribution in [0, 0.1) is 12.8 Å². The molecule has 0 unspecified atom stereocenters. The van der Waals surface area contributed by atoms with E-state index in [1.165, 1.54) is 10.5 Å². The molecule has 0 aromatic carbocycles. The van der Waals surface area contributed by atoms with Crippen LogP contribution >= 0.6 is 0 Å². The summed E-state index contributed by atoms with van der Waals surface area (Å²) in [6, 6.07) is 0. The maximum Gasteiger partial charge on any atom is 0.246 e. The molecule has 2 heterocycles. The smallest absolute Gasteiger partial charge is 0.246 e. The molecule has 1 aliphatic rings. The lowest BCUT2D eigenvalue weighted by Gasteiger charge is -2.22. The van der Waals surface area contributed by atoms with Crippen molar-refractivity contribution in [3.8, 4) is 0 Å². The van der Waals surface area contributed by atoms with Gasteiger partial charge >= 0.3 is 0 Å². The molecule has 1 aromatic rings. The van der Waals surface area contributed by atoms with Gasteiger partial charge in [-0.15, -0.1) is 0 Å². The first kappa shape index (κ1) is 17.9. The lowest BCUT2D eigenvalue weighted by atomic mass is 10.1. The second-order valence-electron chi connectivity index (χ2n) is 5.85.